The van der Waals surface area contributed by atoms with Crippen molar-refractivity contribution in [3.63, 3.8) is 0 Å². The molecule has 0 aliphatic rings. The Balaban J connectivity index is 1.44. The Bertz CT molecular complexity index is 727. The van der Waals surface area contributed by atoms with Gasteiger partial charge in [-0.3, -0.25) is 0 Å². The average Bonchev–Trinajstić information content (AvgIpc) is 2.83. The maximum atomic E-state index is 2.32. The van der Waals surface area contributed by atoms with Gasteiger partial charge >= 0.3 is 0 Å². The van der Waals surface area contributed by atoms with Gasteiger partial charge in [0.15, 0.2) is 12.4 Å². The predicted molar refractivity (Wildman–Crippen MR) is 141 cm³/mol. The van der Waals surface area contributed by atoms with E-state index in [4.69, 9.17) is 0 Å². The van der Waals surface area contributed by atoms with Crippen molar-refractivity contribution < 1.29 is 4.57 Å². The maximum Gasteiger partial charge on any atom is 0.169 e. The molecule has 32 heavy (non-hydrogen) atoms. The zero-order valence-electron chi connectivity index (χ0n) is 20.6. The molecule has 174 valence electrons. The van der Waals surface area contributed by atoms with Gasteiger partial charge < -0.3 is 0 Å². The average molecular weight is 433 g/mol. The molecule has 0 aliphatic heterocycles. The monoisotopic (exact) mass is 432 g/mol. The molecule has 1 aromatic heterocycles. The lowest BCUT2D eigenvalue weighted by molar-refractivity contribution is -0.697. The molecule has 0 saturated heterocycles. The van der Waals surface area contributed by atoms with E-state index in [1.807, 2.05) is 6.07 Å². The molecule has 0 atom stereocenters. The van der Waals surface area contributed by atoms with Crippen LogP contribution >= 0.6 is 0 Å². The second-order valence-electron chi connectivity index (χ2n) is 9.09. The molecular formula is C31H46N+. The highest BCUT2D eigenvalue weighted by Crippen LogP contribution is 2.13. The quantitative estimate of drug-likeness (QED) is 0.125. The van der Waals surface area contributed by atoms with Gasteiger partial charge in [-0.2, -0.15) is 0 Å². The zero-order chi connectivity index (χ0) is 22.5. The molecule has 0 bridgehead atoms. The number of aryl methyl sites for hydroxylation is 1. The molecule has 0 spiro atoms. The number of hydrogen-bond donors (Lipinski definition) is 0. The number of pyridine rings is 1. The predicted octanol–water partition coefficient (Wildman–Crippen LogP) is 9.18. The molecule has 2 rings (SSSR count). The second-order valence-corrected chi connectivity index (χ2v) is 9.09. The Morgan fingerprint density at radius 1 is 0.531 bits per heavy atom. The van der Waals surface area contributed by atoms with E-state index < -0.39 is 0 Å². The van der Waals surface area contributed by atoms with Crippen LogP contribution in [-0.2, 0) is 6.54 Å². The van der Waals surface area contributed by atoms with Crippen molar-refractivity contribution in [1.29, 1.82) is 0 Å². The molecule has 0 N–H and O–H groups in total. The van der Waals surface area contributed by atoms with Gasteiger partial charge in [-0.15, -0.1) is 0 Å². The Labute approximate surface area is 198 Å². The van der Waals surface area contributed by atoms with Crippen LogP contribution in [0.4, 0.5) is 0 Å². The van der Waals surface area contributed by atoms with Crippen LogP contribution in [0.1, 0.15) is 108 Å². The molecule has 0 amide bonds. The number of nitrogens with zero attached hydrogens (tertiary/aromatic N) is 1. The molecule has 1 heterocycles. The minimum atomic E-state index is 1.13. The van der Waals surface area contributed by atoms with E-state index in [9.17, 15) is 0 Å². The summed E-state index contributed by atoms with van der Waals surface area (Å²) in [4.78, 5) is 0. The Morgan fingerprint density at radius 3 is 1.47 bits per heavy atom. The van der Waals surface area contributed by atoms with Crippen molar-refractivity contribution in [3.05, 3.63) is 78.1 Å². The minimum absolute atomic E-state index is 1.13. The van der Waals surface area contributed by atoms with Crippen molar-refractivity contribution in [1.82, 2.24) is 0 Å². The summed E-state index contributed by atoms with van der Waals surface area (Å²) in [7, 11) is 0. The lowest BCUT2D eigenvalue weighted by atomic mass is 10.0. The fraction of sp³-hybridized carbons (Fsp3) is 0.516. The molecule has 0 saturated carbocycles. The summed E-state index contributed by atoms with van der Waals surface area (Å²) < 4.78 is 2.32. The molecule has 0 aliphatic carbocycles. The first-order valence-electron chi connectivity index (χ1n) is 13.3. The molecule has 1 nitrogen and oxygen atoms in total. The first-order chi connectivity index (χ1) is 15.9. The van der Waals surface area contributed by atoms with Crippen LogP contribution in [0.2, 0.25) is 0 Å². The molecule has 1 heteroatoms. The third kappa shape index (κ3) is 13.3. The van der Waals surface area contributed by atoms with Gasteiger partial charge in [0, 0.05) is 18.6 Å². The minimum Gasteiger partial charge on any atom is -0.205 e. The van der Waals surface area contributed by atoms with Crippen LogP contribution < -0.4 is 4.57 Å². The van der Waals surface area contributed by atoms with Crippen LogP contribution in [0.3, 0.4) is 0 Å². The molecule has 2 aromatic rings. The van der Waals surface area contributed by atoms with E-state index >= 15 is 0 Å². The molecule has 0 fully saturated rings. The van der Waals surface area contributed by atoms with Gasteiger partial charge in [-0.25, -0.2) is 4.57 Å². The molecule has 0 radical (unpaired) electrons. The van der Waals surface area contributed by atoms with E-state index in [1.165, 1.54) is 101 Å². The van der Waals surface area contributed by atoms with E-state index in [0.29, 0.717) is 0 Å². The van der Waals surface area contributed by atoms with Crippen LogP contribution in [-0.4, -0.2) is 0 Å². The SMILES string of the molecule is CCCCCCCCCCCCCCCC[n+]1ccc(/C=C/C=C/c2ccccc2)cc1. The summed E-state index contributed by atoms with van der Waals surface area (Å²) >= 11 is 0. The summed E-state index contributed by atoms with van der Waals surface area (Å²) in [5, 5.41) is 0. The van der Waals surface area contributed by atoms with Crippen molar-refractivity contribution in [3.8, 4) is 0 Å². The fourth-order valence-electron chi connectivity index (χ4n) is 4.12. The van der Waals surface area contributed by atoms with Gasteiger partial charge in [-0.05, 0) is 17.5 Å². The second kappa shape index (κ2) is 18.4. The molecule has 0 unspecified atom stereocenters. The highest BCUT2D eigenvalue weighted by molar-refractivity contribution is 5.56. The Morgan fingerprint density at radius 2 is 0.969 bits per heavy atom. The summed E-state index contributed by atoms with van der Waals surface area (Å²) in [6.45, 7) is 3.43. The lowest BCUT2D eigenvalue weighted by Crippen LogP contribution is -2.32. The normalized spacial score (nSPS) is 11.7. The number of rotatable bonds is 18. The van der Waals surface area contributed by atoms with Gasteiger partial charge in [-0.1, -0.05) is 139 Å². The fourth-order valence-corrected chi connectivity index (χ4v) is 4.12. The smallest absolute Gasteiger partial charge is 0.169 e. The topological polar surface area (TPSA) is 3.88 Å². The van der Waals surface area contributed by atoms with Crippen molar-refractivity contribution in [2.24, 2.45) is 0 Å². The van der Waals surface area contributed by atoms with Gasteiger partial charge in [0.25, 0.3) is 0 Å². The van der Waals surface area contributed by atoms with Gasteiger partial charge in [0.05, 0.1) is 0 Å². The summed E-state index contributed by atoms with van der Waals surface area (Å²) in [5.41, 5.74) is 2.48. The summed E-state index contributed by atoms with van der Waals surface area (Å²) in [6, 6.07) is 14.8. The van der Waals surface area contributed by atoms with E-state index in [1.54, 1.807) is 0 Å². The van der Waals surface area contributed by atoms with E-state index in [-0.39, 0.29) is 0 Å². The standard InChI is InChI=1S/C31H46N/c1-2-3-4-5-6-7-8-9-10-11-12-13-14-20-27-32-28-25-31(26-29-32)24-19-18-23-30-21-16-15-17-22-30/h15-19,21-26,28-29H,2-14,20,27H2,1H3/q+1/b23-18+,24-19+. The zero-order valence-corrected chi connectivity index (χ0v) is 20.6. The van der Waals surface area contributed by atoms with Crippen LogP contribution in [0, 0.1) is 0 Å². The summed E-state index contributed by atoms with van der Waals surface area (Å²) in [5.74, 6) is 0. The number of unbranched alkanes of at least 4 members (excludes halogenated alkanes) is 13. The van der Waals surface area contributed by atoms with Gasteiger partial charge in [0.2, 0.25) is 0 Å². The highest BCUT2D eigenvalue weighted by atomic mass is 14.9. The number of aromatic nitrogens is 1. The van der Waals surface area contributed by atoms with Crippen LogP contribution in [0.25, 0.3) is 12.2 Å². The molecular weight excluding hydrogens is 386 g/mol. The lowest BCUT2D eigenvalue weighted by Gasteiger charge is -2.03. The Kier molecular flexibility index (Phi) is 15.0. The number of benzene rings is 1. The van der Waals surface area contributed by atoms with Crippen LogP contribution in [0.15, 0.2) is 67.0 Å². The van der Waals surface area contributed by atoms with Gasteiger partial charge in [0.1, 0.15) is 6.54 Å². The maximum absolute atomic E-state index is 2.32. The summed E-state index contributed by atoms with van der Waals surface area (Å²) in [6.07, 6.45) is 32.8. The number of hydrogen-bond acceptors (Lipinski definition) is 0. The highest BCUT2D eigenvalue weighted by Gasteiger charge is 2.00. The third-order valence-electron chi connectivity index (χ3n) is 6.17. The van der Waals surface area contributed by atoms with Crippen LogP contribution in [0.5, 0.6) is 0 Å². The first kappa shape index (κ1) is 26.1. The van der Waals surface area contributed by atoms with Crippen molar-refractivity contribution >= 4 is 12.2 Å². The number of allylic oxidation sites excluding steroid dienone is 2. The van der Waals surface area contributed by atoms with E-state index in [0.717, 1.165) is 6.54 Å². The first-order valence-corrected chi connectivity index (χ1v) is 13.3. The Hall–Kier alpha value is -2.15. The van der Waals surface area contributed by atoms with Crippen molar-refractivity contribution in [2.75, 3.05) is 0 Å². The third-order valence-corrected chi connectivity index (χ3v) is 6.17. The largest absolute Gasteiger partial charge is 0.205 e. The molecule has 1 aromatic carbocycles. The van der Waals surface area contributed by atoms with Crippen molar-refractivity contribution in [2.45, 2.75) is 103 Å². The van der Waals surface area contributed by atoms with E-state index in [2.05, 4.69) is 84.6 Å².